The van der Waals surface area contributed by atoms with Gasteiger partial charge < -0.3 is 10.1 Å². The standard InChI is InChI=1S/C21H19ClFNO/c22-19-8-11-21(25-15-17-6-9-20(23)10-7-17)18(12-19)14-24-13-16-4-2-1-3-5-16/h1-12,24H,13-15H2. The van der Waals surface area contributed by atoms with Crippen molar-refractivity contribution in [3.8, 4) is 5.75 Å². The summed E-state index contributed by atoms with van der Waals surface area (Å²) in [6.45, 7) is 1.80. The maximum Gasteiger partial charge on any atom is 0.124 e. The molecular weight excluding hydrogens is 337 g/mol. The molecule has 0 aliphatic heterocycles. The highest BCUT2D eigenvalue weighted by molar-refractivity contribution is 6.30. The van der Waals surface area contributed by atoms with E-state index in [0.29, 0.717) is 18.2 Å². The Labute approximate surface area is 152 Å². The average molecular weight is 356 g/mol. The van der Waals surface area contributed by atoms with E-state index >= 15 is 0 Å². The van der Waals surface area contributed by atoms with E-state index in [2.05, 4.69) is 17.4 Å². The first-order valence-corrected chi connectivity index (χ1v) is 8.49. The quantitative estimate of drug-likeness (QED) is 0.617. The molecule has 3 rings (SSSR count). The molecule has 25 heavy (non-hydrogen) atoms. The predicted molar refractivity (Wildman–Crippen MR) is 99.2 cm³/mol. The van der Waals surface area contributed by atoms with Crippen molar-refractivity contribution in [2.45, 2.75) is 19.7 Å². The van der Waals surface area contributed by atoms with Gasteiger partial charge in [0.15, 0.2) is 0 Å². The zero-order chi connectivity index (χ0) is 17.5. The Morgan fingerprint density at radius 1 is 0.840 bits per heavy atom. The summed E-state index contributed by atoms with van der Waals surface area (Å²) in [5.74, 6) is 0.523. The lowest BCUT2D eigenvalue weighted by Gasteiger charge is -2.13. The lowest BCUT2D eigenvalue weighted by molar-refractivity contribution is 0.302. The van der Waals surface area contributed by atoms with E-state index in [1.807, 2.05) is 36.4 Å². The lowest BCUT2D eigenvalue weighted by Crippen LogP contribution is -2.13. The van der Waals surface area contributed by atoms with Crippen LogP contribution in [0.2, 0.25) is 5.02 Å². The van der Waals surface area contributed by atoms with E-state index in [0.717, 1.165) is 23.4 Å². The van der Waals surface area contributed by atoms with E-state index in [9.17, 15) is 4.39 Å². The zero-order valence-electron chi connectivity index (χ0n) is 13.7. The van der Waals surface area contributed by atoms with Gasteiger partial charge in [-0.2, -0.15) is 0 Å². The highest BCUT2D eigenvalue weighted by atomic mass is 35.5. The van der Waals surface area contributed by atoms with Crippen LogP contribution in [0.3, 0.4) is 0 Å². The number of ether oxygens (including phenoxy) is 1. The number of hydrogen-bond donors (Lipinski definition) is 1. The monoisotopic (exact) mass is 355 g/mol. The van der Waals surface area contributed by atoms with E-state index in [1.54, 1.807) is 12.1 Å². The third-order valence-corrected chi connectivity index (χ3v) is 4.05. The smallest absolute Gasteiger partial charge is 0.124 e. The van der Waals surface area contributed by atoms with Crippen LogP contribution in [0.25, 0.3) is 0 Å². The third-order valence-electron chi connectivity index (χ3n) is 3.82. The molecule has 2 nitrogen and oxygen atoms in total. The summed E-state index contributed by atoms with van der Waals surface area (Å²) >= 11 is 6.12. The maximum atomic E-state index is 13.0. The summed E-state index contributed by atoms with van der Waals surface area (Å²) in [6.07, 6.45) is 0. The van der Waals surface area contributed by atoms with Crippen molar-refractivity contribution in [2.24, 2.45) is 0 Å². The van der Waals surface area contributed by atoms with Gasteiger partial charge in [-0.15, -0.1) is 0 Å². The highest BCUT2D eigenvalue weighted by Gasteiger charge is 2.06. The SMILES string of the molecule is Fc1ccc(COc2ccc(Cl)cc2CNCc2ccccc2)cc1. The Balaban J connectivity index is 1.62. The summed E-state index contributed by atoms with van der Waals surface area (Å²) in [7, 11) is 0. The van der Waals surface area contributed by atoms with Crippen LogP contribution in [0.4, 0.5) is 4.39 Å². The van der Waals surface area contributed by atoms with Gasteiger partial charge in [0, 0.05) is 23.7 Å². The minimum Gasteiger partial charge on any atom is -0.489 e. The van der Waals surface area contributed by atoms with Gasteiger partial charge in [0.25, 0.3) is 0 Å². The summed E-state index contributed by atoms with van der Waals surface area (Å²) < 4.78 is 18.9. The molecule has 0 aliphatic carbocycles. The first-order chi connectivity index (χ1) is 12.2. The fraction of sp³-hybridized carbons (Fsp3) is 0.143. The van der Waals surface area contributed by atoms with Gasteiger partial charge >= 0.3 is 0 Å². The third kappa shape index (κ3) is 5.31. The largest absolute Gasteiger partial charge is 0.489 e. The fourth-order valence-electron chi connectivity index (χ4n) is 2.51. The van der Waals surface area contributed by atoms with Crippen LogP contribution in [0.15, 0.2) is 72.8 Å². The predicted octanol–water partition coefficient (Wildman–Crippen LogP) is 5.35. The molecule has 128 valence electrons. The number of hydrogen-bond acceptors (Lipinski definition) is 2. The van der Waals surface area contributed by atoms with Crippen molar-refractivity contribution in [3.63, 3.8) is 0 Å². The van der Waals surface area contributed by atoms with E-state index in [1.165, 1.54) is 17.7 Å². The second-order valence-corrected chi connectivity index (χ2v) is 6.19. The van der Waals surface area contributed by atoms with Gasteiger partial charge in [0.2, 0.25) is 0 Å². The Kier molecular flexibility index (Phi) is 6.04. The fourth-order valence-corrected chi connectivity index (χ4v) is 2.70. The van der Waals surface area contributed by atoms with Crippen LogP contribution in [-0.4, -0.2) is 0 Å². The molecule has 0 atom stereocenters. The molecule has 0 aliphatic rings. The Bertz CT molecular complexity index is 806. The normalized spacial score (nSPS) is 10.6. The molecule has 3 aromatic carbocycles. The summed E-state index contributed by atoms with van der Waals surface area (Å²) in [5, 5.41) is 4.07. The lowest BCUT2D eigenvalue weighted by atomic mass is 10.1. The van der Waals surface area contributed by atoms with E-state index in [-0.39, 0.29) is 5.82 Å². The van der Waals surface area contributed by atoms with Crippen molar-refractivity contribution < 1.29 is 9.13 Å². The highest BCUT2D eigenvalue weighted by Crippen LogP contribution is 2.24. The number of halogens is 2. The van der Waals surface area contributed by atoms with Crippen molar-refractivity contribution in [2.75, 3.05) is 0 Å². The molecule has 0 spiro atoms. The minimum atomic E-state index is -0.249. The van der Waals surface area contributed by atoms with Gasteiger partial charge in [0.05, 0.1) is 0 Å². The van der Waals surface area contributed by atoms with Crippen LogP contribution in [0.1, 0.15) is 16.7 Å². The van der Waals surface area contributed by atoms with Crippen LogP contribution in [0.5, 0.6) is 5.75 Å². The van der Waals surface area contributed by atoms with Crippen molar-refractivity contribution in [3.05, 3.63) is 100 Å². The minimum absolute atomic E-state index is 0.249. The van der Waals surface area contributed by atoms with E-state index < -0.39 is 0 Å². The molecule has 4 heteroatoms. The van der Waals surface area contributed by atoms with Crippen molar-refractivity contribution in [1.82, 2.24) is 5.32 Å². The van der Waals surface area contributed by atoms with E-state index in [4.69, 9.17) is 16.3 Å². The van der Waals surface area contributed by atoms with Gasteiger partial charge in [0.1, 0.15) is 18.2 Å². The topological polar surface area (TPSA) is 21.3 Å². The van der Waals surface area contributed by atoms with Crippen molar-refractivity contribution in [1.29, 1.82) is 0 Å². The van der Waals surface area contributed by atoms with Crippen LogP contribution < -0.4 is 10.1 Å². The van der Waals surface area contributed by atoms with Crippen LogP contribution >= 0.6 is 11.6 Å². The molecule has 0 amide bonds. The number of nitrogens with one attached hydrogen (secondary N) is 1. The number of benzene rings is 3. The summed E-state index contributed by atoms with van der Waals surface area (Å²) in [5.41, 5.74) is 3.13. The summed E-state index contributed by atoms with van der Waals surface area (Å²) in [6, 6.07) is 22.1. The molecule has 0 radical (unpaired) electrons. The molecular formula is C21H19ClFNO. The van der Waals surface area contributed by atoms with Crippen molar-refractivity contribution >= 4 is 11.6 Å². The van der Waals surface area contributed by atoms with Crippen LogP contribution in [0, 0.1) is 5.82 Å². The molecule has 0 aromatic heterocycles. The molecule has 1 N–H and O–H groups in total. The van der Waals surface area contributed by atoms with Gasteiger partial charge in [-0.1, -0.05) is 54.1 Å². The molecule has 0 fully saturated rings. The molecule has 0 saturated carbocycles. The second kappa shape index (κ2) is 8.65. The van der Waals surface area contributed by atoms with Crippen LogP contribution in [-0.2, 0) is 19.7 Å². The maximum absolute atomic E-state index is 13.0. The second-order valence-electron chi connectivity index (χ2n) is 5.76. The van der Waals surface area contributed by atoms with Gasteiger partial charge in [-0.25, -0.2) is 4.39 Å². The molecule has 0 heterocycles. The molecule has 3 aromatic rings. The molecule has 0 bridgehead atoms. The average Bonchev–Trinajstić information content (AvgIpc) is 2.63. The molecule has 0 saturated heterocycles. The van der Waals surface area contributed by atoms with Gasteiger partial charge in [-0.05, 0) is 41.5 Å². The Morgan fingerprint density at radius 3 is 2.36 bits per heavy atom. The Morgan fingerprint density at radius 2 is 1.60 bits per heavy atom. The first-order valence-electron chi connectivity index (χ1n) is 8.11. The number of rotatable bonds is 7. The summed E-state index contributed by atoms with van der Waals surface area (Å²) in [4.78, 5) is 0. The molecule has 0 unspecified atom stereocenters. The Hall–Kier alpha value is -2.36. The zero-order valence-corrected chi connectivity index (χ0v) is 14.5. The first kappa shape index (κ1) is 17.5. The van der Waals surface area contributed by atoms with Gasteiger partial charge in [-0.3, -0.25) is 0 Å².